The van der Waals surface area contributed by atoms with Crippen LogP contribution in [-0.2, 0) is 6.54 Å². The fourth-order valence-electron chi connectivity index (χ4n) is 0.581. The van der Waals surface area contributed by atoms with E-state index in [1.54, 1.807) is 13.4 Å². The highest BCUT2D eigenvalue weighted by Gasteiger charge is 1.89. The zero-order valence-electron chi connectivity index (χ0n) is 6.23. The van der Waals surface area contributed by atoms with Crippen LogP contribution in [-0.4, -0.2) is 40.1 Å². The average Bonchev–Trinajstić information content (AvgIpc) is 2.50. The Morgan fingerprint density at radius 3 is 3.27 bits per heavy atom. The second-order valence-electron chi connectivity index (χ2n) is 1.84. The molecular weight excluding hydrogens is 144 g/mol. The van der Waals surface area contributed by atoms with Gasteiger partial charge in [0.2, 0.25) is 6.33 Å². The smallest absolute Gasteiger partial charge is 0.221 e. The Balaban J connectivity index is 2.14. The minimum atomic E-state index is 0.693. The molecule has 0 unspecified atom stereocenters. The van der Waals surface area contributed by atoms with Gasteiger partial charge in [0.15, 0.2) is 0 Å². The van der Waals surface area contributed by atoms with Crippen LogP contribution >= 0.6 is 0 Å². The lowest BCUT2D eigenvalue weighted by Gasteiger charge is -1.96. The number of hydrogen-bond acceptors (Lipinski definition) is 4. The summed E-state index contributed by atoms with van der Waals surface area (Å²) in [6.45, 7) is 1.44. The molecule has 11 heavy (non-hydrogen) atoms. The Hall–Kier alpha value is -1.46. The van der Waals surface area contributed by atoms with Crippen LogP contribution in [0.15, 0.2) is 4.99 Å². The molecule has 1 heterocycles. The summed E-state index contributed by atoms with van der Waals surface area (Å²) in [5, 5.41) is 13.4. The van der Waals surface area contributed by atoms with Crippen LogP contribution in [0.3, 0.4) is 0 Å². The summed E-state index contributed by atoms with van der Waals surface area (Å²) in [6, 6.07) is 0. The SMILES string of the molecule is CN=CNCCn1[c]nnn1. The molecular formula is C5H9N6. The zero-order valence-corrected chi connectivity index (χ0v) is 6.23. The third-order valence-corrected chi connectivity index (χ3v) is 1.04. The minimum Gasteiger partial charge on any atom is -0.375 e. The largest absolute Gasteiger partial charge is 0.375 e. The Morgan fingerprint density at radius 1 is 1.73 bits per heavy atom. The first kappa shape index (κ1) is 7.64. The van der Waals surface area contributed by atoms with Gasteiger partial charge >= 0.3 is 0 Å². The fourth-order valence-corrected chi connectivity index (χ4v) is 0.581. The van der Waals surface area contributed by atoms with E-state index in [4.69, 9.17) is 0 Å². The molecule has 0 aliphatic carbocycles. The van der Waals surface area contributed by atoms with Crippen molar-refractivity contribution in [1.29, 1.82) is 0 Å². The molecule has 1 N–H and O–H groups in total. The molecule has 0 saturated carbocycles. The van der Waals surface area contributed by atoms with Gasteiger partial charge in [-0.05, 0) is 10.4 Å². The number of nitrogens with one attached hydrogen (secondary N) is 1. The predicted octanol–water partition coefficient (Wildman–Crippen LogP) is -1.28. The molecule has 0 fully saturated rings. The monoisotopic (exact) mass is 153 g/mol. The van der Waals surface area contributed by atoms with E-state index in [-0.39, 0.29) is 0 Å². The Morgan fingerprint density at radius 2 is 2.64 bits per heavy atom. The molecule has 1 rings (SSSR count). The van der Waals surface area contributed by atoms with E-state index in [1.807, 2.05) is 0 Å². The van der Waals surface area contributed by atoms with Gasteiger partial charge in [0.05, 0.1) is 12.9 Å². The number of aromatic nitrogens is 4. The van der Waals surface area contributed by atoms with E-state index in [0.717, 1.165) is 6.54 Å². The first-order valence-corrected chi connectivity index (χ1v) is 3.21. The molecule has 0 aliphatic rings. The average molecular weight is 153 g/mol. The predicted molar refractivity (Wildman–Crippen MR) is 39.1 cm³/mol. The molecule has 1 aromatic rings. The molecule has 1 aromatic heterocycles. The quantitative estimate of drug-likeness (QED) is 0.332. The Kier molecular flexibility index (Phi) is 3.04. The van der Waals surface area contributed by atoms with E-state index in [2.05, 4.69) is 32.2 Å². The van der Waals surface area contributed by atoms with Gasteiger partial charge in [0.25, 0.3) is 0 Å². The summed E-state index contributed by atoms with van der Waals surface area (Å²) in [4.78, 5) is 3.75. The van der Waals surface area contributed by atoms with Crippen molar-refractivity contribution in [3.05, 3.63) is 6.33 Å². The molecule has 0 saturated heterocycles. The van der Waals surface area contributed by atoms with Crippen molar-refractivity contribution in [1.82, 2.24) is 25.5 Å². The minimum absolute atomic E-state index is 0.693. The van der Waals surface area contributed by atoms with Gasteiger partial charge in [-0.1, -0.05) is 0 Å². The summed E-state index contributed by atoms with van der Waals surface area (Å²) in [5.41, 5.74) is 0. The molecule has 6 heteroatoms. The van der Waals surface area contributed by atoms with Gasteiger partial charge < -0.3 is 5.32 Å². The number of rotatable bonds is 4. The van der Waals surface area contributed by atoms with E-state index in [9.17, 15) is 0 Å². The van der Waals surface area contributed by atoms with Crippen molar-refractivity contribution in [2.24, 2.45) is 4.99 Å². The van der Waals surface area contributed by atoms with Crippen molar-refractivity contribution in [3.8, 4) is 0 Å². The van der Waals surface area contributed by atoms with E-state index < -0.39 is 0 Å². The normalized spacial score (nSPS) is 10.6. The lowest BCUT2D eigenvalue weighted by atomic mass is 10.6. The lowest BCUT2D eigenvalue weighted by molar-refractivity contribution is 0.579. The summed E-state index contributed by atoms with van der Waals surface area (Å²) < 4.78 is 1.52. The summed E-state index contributed by atoms with van der Waals surface area (Å²) >= 11 is 0. The van der Waals surface area contributed by atoms with Crippen molar-refractivity contribution in [2.75, 3.05) is 13.6 Å². The van der Waals surface area contributed by atoms with Gasteiger partial charge in [-0.25, -0.2) is 4.68 Å². The first-order chi connectivity index (χ1) is 5.43. The Bertz CT molecular complexity index is 203. The molecule has 0 atom stereocenters. The fraction of sp³-hybridized carbons (Fsp3) is 0.600. The van der Waals surface area contributed by atoms with Crippen LogP contribution in [0.1, 0.15) is 0 Å². The van der Waals surface area contributed by atoms with Gasteiger partial charge in [0.1, 0.15) is 0 Å². The maximum atomic E-state index is 3.75. The number of aliphatic imine (C=N–C) groups is 1. The van der Waals surface area contributed by atoms with Gasteiger partial charge in [-0.3, -0.25) is 4.99 Å². The van der Waals surface area contributed by atoms with Crippen molar-refractivity contribution in [2.45, 2.75) is 6.54 Å². The highest BCUT2D eigenvalue weighted by atomic mass is 15.5. The highest BCUT2D eigenvalue weighted by molar-refractivity contribution is 5.53. The van der Waals surface area contributed by atoms with Crippen molar-refractivity contribution < 1.29 is 0 Å². The van der Waals surface area contributed by atoms with Gasteiger partial charge in [-0.2, -0.15) is 0 Å². The van der Waals surface area contributed by atoms with Crippen LogP contribution in [0.25, 0.3) is 0 Å². The molecule has 0 spiro atoms. The second kappa shape index (κ2) is 4.37. The van der Waals surface area contributed by atoms with Crippen LogP contribution in [0, 0.1) is 6.33 Å². The second-order valence-corrected chi connectivity index (χ2v) is 1.84. The van der Waals surface area contributed by atoms with Crippen LogP contribution in [0.4, 0.5) is 0 Å². The highest BCUT2D eigenvalue weighted by Crippen LogP contribution is 1.72. The molecule has 59 valence electrons. The zero-order chi connectivity index (χ0) is 7.94. The Labute approximate surface area is 64.3 Å². The van der Waals surface area contributed by atoms with Gasteiger partial charge in [0, 0.05) is 13.6 Å². The molecule has 1 radical (unpaired) electrons. The standard InChI is InChI=1S/C5H9N6/c1-6-4-7-2-3-11-5-8-9-10-11/h4H,2-3H2,1H3,(H,6,7). The molecule has 0 amide bonds. The van der Waals surface area contributed by atoms with Gasteiger partial charge in [-0.15, -0.1) is 5.10 Å². The van der Waals surface area contributed by atoms with Crippen LogP contribution < -0.4 is 5.32 Å². The molecule has 6 nitrogen and oxygen atoms in total. The lowest BCUT2D eigenvalue weighted by Crippen LogP contribution is -2.18. The third-order valence-electron chi connectivity index (χ3n) is 1.04. The third kappa shape index (κ3) is 2.74. The molecule has 0 aliphatic heterocycles. The maximum absolute atomic E-state index is 3.75. The van der Waals surface area contributed by atoms with Crippen molar-refractivity contribution >= 4 is 6.34 Å². The molecule has 0 bridgehead atoms. The summed E-state index contributed by atoms with van der Waals surface area (Å²) in [5.74, 6) is 0. The van der Waals surface area contributed by atoms with E-state index in [1.165, 1.54) is 4.68 Å². The number of nitrogens with zero attached hydrogens (tertiary/aromatic N) is 5. The van der Waals surface area contributed by atoms with Crippen LogP contribution in [0.5, 0.6) is 0 Å². The topological polar surface area (TPSA) is 68.0 Å². The number of tetrazole rings is 1. The summed E-state index contributed by atoms with van der Waals surface area (Å²) in [6.07, 6.45) is 4.20. The maximum Gasteiger partial charge on any atom is 0.221 e. The van der Waals surface area contributed by atoms with Crippen molar-refractivity contribution in [3.63, 3.8) is 0 Å². The first-order valence-electron chi connectivity index (χ1n) is 3.21. The van der Waals surface area contributed by atoms with E-state index >= 15 is 0 Å². The molecule has 0 aromatic carbocycles. The number of hydrogen-bond donors (Lipinski definition) is 1. The van der Waals surface area contributed by atoms with Crippen LogP contribution in [0.2, 0.25) is 0 Å². The van der Waals surface area contributed by atoms with E-state index in [0.29, 0.717) is 6.54 Å². The summed E-state index contributed by atoms with van der Waals surface area (Å²) in [7, 11) is 1.70.